The van der Waals surface area contributed by atoms with E-state index in [1.807, 2.05) is 60.7 Å². The van der Waals surface area contributed by atoms with Gasteiger partial charge in [0.05, 0.1) is 0 Å². The van der Waals surface area contributed by atoms with Gasteiger partial charge in [-0.2, -0.15) is 0 Å². The number of carbonyl (C=O) groups is 3. The van der Waals surface area contributed by atoms with E-state index in [-0.39, 0.29) is 18.9 Å². The molecule has 7 heteroatoms. The molecule has 0 aliphatic carbocycles. The third-order valence-corrected chi connectivity index (χ3v) is 4.73. The van der Waals surface area contributed by atoms with Gasteiger partial charge in [-0.1, -0.05) is 74.5 Å². The number of hydrogen-bond acceptors (Lipinski definition) is 5. The summed E-state index contributed by atoms with van der Waals surface area (Å²) in [7, 11) is 0. The molecule has 33 heavy (non-hydrogen) atoms. The SMILES string of the molecule is CC(C)C(NC(=O)OCc1ccccc1)C(=O)NC(Cc1ccccc1)C(=O)OC(C)(C)C. The van der Waals surface area contributed by atoms with Crippen LogP contribution in [0.2, 0.25) is 0 Å². The zero-order valence-corrected chi connectivity index (χ0v) is 20.0. The second kappa shape index (κ2) is 12.0. The highest BCUT2D eigenvalue weighted by Crippen LogP contribution is 2.13. The molecule has 0 fully saturated rings. The molecule has 0 aliphatic rings. The maximum Gasteiger partial charge on any atom is 0.408 e. The summed E-state index contributed by atoms with van der Waals surface area (Å²) in [6, 6.07) is 16.8. The Bertz CT molecular complexity index is 907. The van der Waals surface area contributed by atoms with E-state index in [4.69, 9.17) is 9.47 Å². The molecule has 2 amide bonds. The lowest BCUT2D eigenvalue weighted by atomic mass is 10.0. The molecule has 0 saturated carbocycles. The highest BCUT2D eigenvalue weighted by molar-refractivity contribution is 5.90. The van der Waals surface area contributed by atoms with Crippen LogP contribution in [0.1, 0.15) is 45.7 Å². The minimum Gasteiger partial charge on any atom is -0.458 e. The first kappa shape index (κ1) is 25.9. The zero-order chi connectivity index (χ0) is 24.4. The Balaban J connectivity index is 2.07. The van der Waals surface area contributed by atoms with Gasteiger partial charge < -0.3 is 20.1 Å². The molecule has 0 bridgehead atoms. The van der Waals surface area contributed by atoms with E-state index >= 15 is 0 Å². The van der Waals surface area contributed by atoms with Crippen LogP contribution in [0.3, 0.4) is 0 Å². The van der Waals surface area contributed by atoms with Gasteiger partial charge in [-0.15, -0.1) is 0 Å². The topological polar surface area (TPSA) is 93.7 Å². The van der Waals surface area contributed by atoms with Crippen LogP contribution in [0.5, 0.6) is 0 Å². The van der Waals surface area contributed by atoms with E-state index in [9.17, 15) is 14.4 Å². The molecule has 2 aromatic carbocycles. The van der Waals surface area contributed by atoms with Crippen LogP contribution in [0.4, 0.5) is 4.79 Å². The first-order valence-electron chi connectivity index (χ1n) is 11.1. The van der Waals surface area contributed by atoms with Gasteiger partial charge in [0.25, 0.3) is 0 Å². The third-order valence-electron chi connectivity index (χ3n) is 4.73. The molecule has 2 aromatic rings. The predicted octanol–water partition coefficient (Wildman–Crippen LogP) is 4.01. The van der Waals surface area contributed by atoms with Gasteiger partial charge in [0.1, 0.15) is 24.3 Å². The summed E-state index contributed by atoms with van der Waals surface area (Å²) in [6.45, 7) is 9.02. The van der Waals surface area contributed by atoms with Gasteiger partial charge in [0.2, 0.25) is 5.91 Å². The maximum absolute atomic E-state index is 13.1. The number of ether oxygens (including phenoxy) is 2. The van der Waals surface area contributed by atoms with Gasteiger partial charge >= 0.3 is 12.1 Å². The highest BCUT2D eigenvalue weighted by Gasteiger charge is 2.31. The van der Waals surface area contributed by atoms with Crippen molar-refractivity contribution in [3.8, 4) is 0 Å². The summed E-state index contributed by atoms with van der Waals surface area (Å²) < 4.78 is 10.8. The zero-order valence-electron chi connectivity index (χ0n) is 20.0. The fourth-order valence-electron chi connectivity index (χ4n) is 3.10. The first-order chi connectivity index (χ1) is 15.5. The van der Waals surface area contributed by atoms with E-state index in [2.05, 4.69) is 10.6 Å². The van der Waals surface area contributed by atoms with Gasteiger partial charge in [0.15, 0.2) is 0 Å². The molecule has 0 saturated heterocycles. The molecule has 0 radical (unpaired) electrons. The van der Waals surface area contributed by atoms with Crippen molar-refractivity contribution in [2.24, 2.45) is 5.92 Å². The average molecular weight is 455 g/mol. The van der Waals surface area contributed by atoms with Gasteiger partial charge in [-0.05, 0) is 37.8 Å². The lowest BCUT2D eigenvalue weighted by molar-refractivity contribution is -0.158. The molecule has 2 unspecified atom stereocenters. The Labute approximate surface area is 195 Å². The van der Waals surface area contributed by atoms with Crippen LogP contribution < -0.4 is 10.6 Å². The standard InChI is InChI=1S/C26H34N2O5/c1-18(2)22(28-25(31)32-17-20-14-10-7-11-15-20)23(29)27-21(24(30)33-26(3,4)5)16-19-12-8-6-9-13-19/h6-15,18,21-22H,16-17H2,1-5H3,(H,27,29)(H,28,31). The smallest absolute Gasteiger partial charge is 0.408 e. The van der Waals surface area contributed by atoms with Crippen LogP contribution in [-0.2, 0) is 32.1 Å². The number of carbonyl (C=O) groups excluding carboxylic acids is 3. The average Bonchev–Trinajstić information content (AvgIpc) is 2.75. The number of esters is 1. The molecule has 2 atom stereocenters. The van der Waals surface area contributed by atoms with Crippen LogP contribution in [0, 0.1) is 5.92 Å². The summed E-state index contributed by atoms with van der Waals surface area (Å²) in [4.78, 5) is 38.2. The van der Waals surface area contributed by atoms with Crippen molar-refractivity contribution >= 4 is 18.0 Å². The molecule has 2 N–H and O–H groups in total. The Morgan fingerprint density at radius 3 is 1.91 bits per heavy atom. The third kappa shape index (κ3) is 9.35. The Morgan fingerprint density at radius 1 is 0.848 bits per heavy atom. The largest absolute Gasteiger partial charge is 0.458 e. The fraction of sp³-hybridized carbons (Fsp3) is 0.423. The number of amides is 2. The van der Waals surface area contributed by atoms with E-state index in [0.717, 1.165) is 11.1 Å². The predicted molar refractivity (Wildman–Crippen MR) is 126 cm³/mol. The van der Waals surface area contributed by atoms with Crippen molar-refractivity contribution in [1.82, 2.24) is 10.6 Å². The quantitative estimate of drug-likeness (QED) is 0.559. The molecule has 2 rings (SSSR count). The normalized spacial score (nSPS) is 13.0. The van der Waals surface area contributed by atoms with E-state index in [0.29, 0.717) is 0 Å². The van der Waals surface area contributed by atoms with Crippen molar-refractivity contribution in [1.29, 1.82) is 0 Å². The monoisotopic (exact) mass is 454 g/mol. The molecular weight excluding hydrogens is 420 g/mol. The molecule has 0 heterocycles. The Kier molecular flexibility index (Phi) is 9.45. The van der Waals surface area contributed by atoms with Gasteiger partial charge in [-0.25, -0.2) is 9.59 Å². The fourth-order valence-corrected chi connectivity index (χ4v) is 3.10. The summed E-state index contributed by atoms with van der Waals surface area (Å²) in [5.74, 6) is -1.24. The van der Waals surface area contributed by atoms with Gasteiger partial charge in [0, 0.05) is 6.42 Å². The van der Waals surface area contributed by atoms with E-state index in [1.54, 1.807) is 34.6 Å². The molecule has 0 spiro atoms. The Hall–Kier alpha value is -3.35. The van der Waals surface area contributed by atoms with Crippen LogP contribution >= 0.6 is 0 Å². The van der Waals surface area contributed by atoms with Crippen LogP contribution in [0.25, 0.3) is 0 Å². The summed E-state index contributed by atoms with van der Waals surface area (Å²) in [6.07, 6.45) is -0.435. The minimum atomic E-state index is -0.900. The highest BCUT2D eigenvalue weighted by atomic mass is 16.6. The summed E-state index contributed by atoms with van der Waals surface area (Å²) >= 11 is 0. The van der Waals surface area contributed by atoms with Crippen LogP contribution in [-0.4, -0.2) is 35.7 Å². The van der Waals surface area contributed by atoms with Crippen molar-refractivity contribution in [3.05, 3.63) is 71.8 Å². The number of rotatable bonds is 9. The lowest BCUT2D eigenvalue weighted by Gasteiger charge is -2.27. The number of alkyl carbamates (subject to hydrolysis) is 1. The molecule has 0 aliphatic heterocycles. The van der Waals surface area contributed by atoms with Gasteiger partial charge in [-0.3, -0.25) is 4.79 Å². The molecule has 178 valence electrons. The summed E-state index contributed by atoms with van der Waals surface area (Å²) in [5, 5.41) is 5.38. The first-order valence-corrected chi connectivity index (χ1v) is 11.1. The minimum absolute atomic E-state index is 0.0909. The maximum atomic E-state index is 13.1. The number of hydrogen-bond donors (Lipinski definition) is 2. The number of benzene rings is 2. The lowest BCUT2D eigenvalue weighted by Crippen LogP contribution is -2.55. The van der Waals surface area contributed by atoms with Crippen molar-refractivity contribution in [3.63, 3.8) is 0 Å². The number of nitrogens with one attached hydrogen (secondary N) is 2. The van der Waals surface area contributed by atoms with E-state index < -0.39 is 35.7 Å². The molecular formula is C26H34N2O5. The molecule has 7 nitrogen and oxygen atoms in total. The Morgan fingerprint density at radius 2 is 1.39 bits per heavy atom. The summed E-state index contributed by atoms with van der Waals surface area (Å²) in [5.41, 5.74) is 1.02. The van der Waals surface area contributed by atoms with Crippen molar-refractivity contribution < 1.29 is 23.9 Å². The van der Waals surface area contributed by atoms with Crippen LogP contribution in [0.15, 0.2) is 60.7 Å². The van der Waals surface area contributed by atoms with Crippen molar-refractivity contribution in [2.45, 2.75) is 65.3 Å². The second-order valence-electron chi connectivity index (χ2n) is 9.21. The van der Waals surface area contributed by atoms with Crippen molar-refractivity contribution in [2.75, 3.05) is 0 Å². The molecule has 0 aromatic heterocycles. The second-order valence-corrected chi connectivity index (χ2v) is 9.21. The van der Waals surface area contributed by atoms with E-state index in [1.165, 1.54) is 0 Å².